The van der Waals surface area contributed by atoms with Crippen LogP contribution in [0.15, 0.2) is 48.5 Å². The zero-order valence-electron chi connectivity index (χ0n) is 10.9. The monoisotopic (exact) mass is 252 g/mol. The lowest BCUT2D eigenvalue weighted by Gasteiger charge is -2.12. The van der Waals surface area contributed by atoms with Gasteiger partial charge in [0.2, 0.25) is 5.88 Å². The molecule has 0 saturated carbocycles. The zero-order chi connectivity index (χ0) is 13.5. The minimum atomic E-state index is 0.383. The van der Waals surface area contributed by atoms with Gasteiger partial charge in [0.25, 0.3) is 0 Å². The molecule has 0 aliphatic heterocycles. The fourth-order valence-electron chi connectivity index (χ4n) is 1.85. The normalized spacial score (nSPS) is 11.6. The average Bonchev–Trinajstić information content (AvgIpc) is 2.48. The Morgan fingerprint density at radius 2 is 1.95 bits per heavy atom. The number of pyridine rings is 1. The van der Waals surface area contributed by atoms with Crippen LogP contribution in [0.1, 0.15) is 30.5 Å². The molecule has 0 fully saturated rings. The second-order valence-corrected chi connectivity index (χ2v) is 4.42. The lowest BCUT2D eigenvalue weighted by Crippen LogP contribution is -2.04. The summed E-state index contributed by atoms with van der Waals surface area (Å²) in [6.07, 6.45) is 0.919. The molecule has 2 rings (SSSR count). The Morgan fingerprint density at radius 3 is 2.68 bits per heavy atom. The van der Waals surface area contributed by atoms with Crippen LogP contribution in [-0.4, -0.2) is 11.6 Å². The number of hydrogen-bond donors (Lipinski definition) is 0. The summed E-state index contributed by atoms with van der Waals surface area (Å²) in [4.78, 5) is 4.08. The molecule has 3 nitrogen and oxygen atoms in total. The Hall–Kier alpha value is -2.34. The van der Waals surface area contributed by atoms with Crippen LogP contribution in [0.3, 0.4) is 0 Å². The first-order valence-corrected chi connectivity index (χ1v) is 6.34. The number of nitriles is 1. The van der Waals surface area contributed by atoms with Crippen LogP contribution in [0.2, 0.25) is 0 Å². The van der Waals surface area contributed by atoms with Crippen molar-refractivity contribution in [2.45, 2.75) is 19.3 Å². The molecule has 0 radical (unpaired) electrons. The third kappa shape index (κ3) is 3.82. The molecule has 1 unspecified atom stereocenters. The van der Waals surface area contributed by atoms with Crippen LogP contribution >= 0.6 is 0 Å². The number of benzene rings is 1. The van der Waals surface area contributed by atoms with Gasteiger partial charge < -0.3 is 4.74 Å². The van der Waals surface area contributed by atoms with Gasteiger partial charge in [-0.15, -0.1) is 0 Å². The Kier molecular flexibility index (Phi) is 4.52. The Bertz CT molecular complexity index is 560. The van der Waals surface area contributed by atoms with Gasteiger partial charge >= 0.3 is 0 Å². The van der Waals surface area contributed by atoms with Crippen molar-refractivity contribution < 1.29 is 4.74 Å². The van der Waals surface area contributed by atoms with E-state index in [1.165, 1.54) is 5.56 Å². The Balaban J connectivity index is 1.85. The molecule has 2 aromatic rings. The molecule has 0 saturated heterocycles. The summed E-state index contributed by atoms with van der Waals surface area (Å²) in [5.74, 6) is 0.958. The molecular weight excluding hydrogens is 236 g/mol. The standard InChI is InChI=1S/C16H16N2O/c1-13(14-6-3-2-4-7-14)10-11-19-16-9-5-8-15(12-17)18-16/h2-9,13H,10-11H2,1H3. The molecule has 0 N–H and O–H groups in total. The van der Waals surface area contributed by atoms with Gasteiger partial charge in [-0.25, -0.2) is 4.98 Å². The maximum Gasteiger partial charge on any atom is 0.214 e. The van der Waals surface area contributed by atoms with E-state index in [1.54, 1.807) is 18.2 Å². The molecule has 0 amide bonds. The largest absolute Gasteiger partial charge is 0.478 e. The second-order valence-electron chi connectivity index (χ2n) is 4.42. The van der Waals surface area contributed by atoms with Crippen molar-refractivity contribution in [3.8, 4) is 11.9 Å². The summed E-state index contributed by atoms with van der Waals surface area (Å²) in [6, 6.07) is 17.6. The quantitative estimate of drug-likeness (QED) is 0.817. The van der Waals surface area contributed by atoms with E-state index in [9.17, 15) is 0 Å². The first kappa shape index (κ1) is 13.1. The lowest BCUT2D eigenvalue weighted by molar-refractivity contribution is 0.289. The molecule has 1 heterocycles. The van der Waals surface area contributed by atoms with Crippen LogP contribution in [0, 0.1) is 11.3 Å². The van der Waals surface area contributed by atoms with Crippen molar-refractivity contribution in [2.24, 2.45) is 0 Å². The summed E-state index contributed by atoms with van der Waals surface area (Å²) in [6.45, 7) is 2.77. The van der Waals surface area contributed by atoms with Gasteiger partial charge in [0, 0.05) is 6.07 Å². The first-order chi connectivity index (χ1) is 9.29. The van der Waals surface area contributed by atoms with Gasteiger partial charge in [0.05, 0.1) is 6.61 Å². The molecule has 0 aliphatic rings. The number of aromatic nitrogens is 1. The van der Waals surface area contributed by atoms with Crippen LogP contribution in [0.5, 0.6) is 5.88 Å². The summed E-state index contributed by atoms with van der Waals surface area (Å²) in [5, 5.41) is 8.76. The highest BCUT2D eigenvalue weighted by molar-refractivity contribution is 5.24. The molecule has 1 atom stereocenters. The Labute approximate surface area is 113 Å². The topological polar surface area (TPSA) is 45.9 Å². The number of nitrogens with zero attached hydrogens (tertiary/aromatic N) is 2. The van der Waals surface area contributed by atoms with E-state index >= 15 is 0 Å². The van der Waals surface area contributed by atoms with Crippen molar-refractivity contribution in [1.82, 2.24) is 4.98 Å². The molecule has 1 aromatic heterocycles. The molecule has 19 heavy (non-hydrogen) atoms. The first-order valence-electron chi connectivity index (χ1n) is 6.34. The van der Waals surface area contributed by atoms with Crippen molar-refractivity contribution >= 4 is 0 Å². The van der Waals surface area contributed by atoms with Gasteiger partial charge in [-0.2, -0.15) is 5.26 Å². The number of ether oxygens (including phenoxy) is 1. The third-order valence-electron chi connectivity index (χ3n) is 3.01. The van der Waals surface area contributed by atoms with Gasteiger partial charge in [0.1, 0.15) is 11.8 Å². The fourth-order valence-corrected chi connectivity index (χ4v) is 1.85. The molecule has 0 spiro atoms. The predicted molar refractivity (Wildman–Crippen MR) is 73.9 cm³/mol. The van der Waals surface area contributed by atoms with Crippen molar-refractivity contribution in [3.05, 3.63) is 59.8 Å². The van der Waals surface area contributed by atoms with Gasteiger partial charge in [0.15, 0.2) is 0 Å². The van der Waals surface area contributed by atoms with Crippen LogP contribution in [0.25, 0.3) is 0 Å². The number of hydrogen-bond acceptors (Lipinski definition) is 3. The highest BCUT2D eigenvalue weighted by Gasteiger charge is 2.05. The minimum absolute atomic E-state index is 0.383. The van der Waals surface area contributed by atoms with Gasteiger partial charge in [-0.1, -0.05) is 43.3 Å². The zero-order valence-corrected chi connectivity index (χ0v) is 10.9. The molecular formula is C16H16N2O. The third-order valence-corrected chi connectivity index (χ3v) is 3.01. The fraction of sp³-hybridized carbons (Fsp3) is 0.250. The lowest BCUT2D eigenvalue weighted by atomic mass is 9.98. The highest BCUT2D eigenvalue weighted by atomic mass is 16.5. The van der Waals surface area contributed by atoms with Crippen LogP contribution < -0.4 is 4.74 Å². The maximum atomic E-state index is 8.76. The van der Waals surface area contributed by atoms with Crippen molar-refractivity contribution in [3.63, 3.8) is 0 Å². The van der Waals surface area contributed by atoms with E-state index in [1.807, 2.05) is 24.3 Å². The van der Waals surface area contributed by atoms with E-state index in [-0.39, 0.29) is 0 Å². The van der Waals surface area contributed by atoms with E-state index in [2.05, 4.69) is 24.0 Å². The van der Waals surface area contributed by atoms with E-state index in [0.717, 1.165) is 6.42 Å². The SMILES string of the molecule is CC(CCOc1cccc(C#N)n1)c1ccccc1. The predicted octanol–water partition coefficient (Wildman–Crippen LogP) is 3.53. The van der Waals surface area contributed by atoms with Crippen molar-refractivity contribution in [2.75, 3.05) is 6.61 Å². The molecule has 96 valence electrons. The van der Waals surface area contributed by atoms with Gasteiger partial charge in [-0.3, -0.25) is 0 Å². The molecule has 0 aliphatic carbocycles. The second kappa shape index (κ2) is 6.55. The van der Waals surface area contributed by atoms with Crippen molar-refractivity contribution in [1.29, 1.82) is 5.26 Å². The number of rotatable bonds is 5. The van der Waals surface area contributed by atoms with E-state index < -0.39 is 0 Å². The van der Waals surface area contributed by atoms with Gasteiger partial charge in [-0.05, 0) is 24.0 Å². The average molecular weight is 252 g/mol. The van der Waals surface area contributed by atoms with E-state index in [4.69, 9.17) is 10.00 Å². The maximum absolute atomic E-state index is 8.76. The smallest absolute Gasteiger partial charge is 0.214 e. The summed E-state index contributed by atoms with van der Waals surface area (Å²) < 4.78 is 5.58. The highest BCUT2D eigenvalue weighted by Crippen LogP contribution is 2.18. The molecule has 3 heteroatoms. The Morgan fingerprint density at radius 1 is 1.16 bits per heavy atom. The molecule has 0 bridgehead atoms. The summed E-state index contributed by atoms with van der Waals surface area (Å²) in [7, 11) is 0. The van der Waals surface area contributed by atoms with Crippen LogP contribution in [0.4, 0.5) is 0 Å². The summed E-state index contributed by atoms with van der Waals surface area (Å²) in [5.41, 5.74) is 1.69. The molecule has 1 aromatic carbocycles. The van der Waals surface area contributed by atoms with Crippen LogP contribution in [-0.2, 0) is 0 Å². The minimum Gasteiger partial charge on any atom is -0.478 e. The summed E-state index contributed by atoms with van der Waals surface area (Å²) >= 11 is 0. The van der Waals surface area contributed by atoms with E-state index in [0.29, 0.717) is 24.1 Å².